The number of fused-ring (bicyclic) bond motifs is 1. The van der Waals surface area contributed by atoms with Gasteiger partial charge in [0.05, 0.1) is 0 Å². The van der Waals surface area contributed by atoms with Crippen LogP contribution in [0.25, 0.3) is 21.9 Å². The number of halogens is 5. The van der Waals surface area contributed by atoms with E-state index in [-0.39, 0.29) is 5.82 Å². The molecule has 4 rings (SSSR count). The molecule has 0 fully saturated rings. The maximum atomic E-state index is 15.2. The van der Waals surface area contributed by atoms with Crippen molar-refractivity contribution in [1.29, 1.82) is 0 Å². The molecule has 0 unspecified atom stereocenters. The highest BCUT2D eigenvalue weighted by Gasteiger charge is 2.29. The molecule has 0 aromatic heterocycles. The first-order chi connectivity index (χ1) is 17.2. The molecule has 36 heavy (non-hydrogen) atoms. The topological polar surface area (TPSA) is 9.23 Å². The van der Waals surface area contributed by atoms with Gasteiger partial charge in [0, 0.05) is 5.39 Å². The minimum Gasteiger partial charge on any atom is -0.481 e. The summed E-state index contributed by atoms with van der Waals surface area (Å²) in [5.74, 6) is -1.65. The van der Waals surface area contributed by atoms with Crippen molar-refractivity contribution in [2.24, 2.45) is 0 Å². The lowest BCUT2D eigenvalue weighted by Crippen LogP contribution is -2.19. The Balaban J connectivity index is 1.45. The van der Waals surface area contributed by atoms with E-state index in [0.717, 1.165) is 41.8 Å². The van der Waals surface area contributed by atoms with Crippen LogP contribution in [0.1, 0.15) is 36.5 Å². The van der Waals surface area contributed by atoms with Gasteiger partial charge in [0.25, 0.3) is 0 Å². The summed E-state index contributed by atoms with van der Waals surface area (Å²) in [5.41, 5.74) is 4.43. The van der Waals surface area contributed by atoms with Gasteiger partial charge in [-0.25, -0.2) is 8.78 Å². The Labute approximate surface area is 207 Å². The van der Waals surface area contributed by atoms with Crippen LogP contribution in [0.3, 0.4) is 0 Å². The molecule has 4 aromatic rings. The second-order valence-electron chi connectivity index (χ2n) is 8.94. The fourth-order valence-corrected chi connectivity index (χ4v) is 4.21. The molecule has 4 aromatic carbocycles. The Morgan fingerprint density at radius 2 is 1.44 bits per heavy atom. The maximum absolute atomic E-state index is 15.2. The summed E-state index contributed by atoms with van der Waals surface area (Å²) in [7, 11) is 0. The largest absolute Gasteiger partial charge is 0.481 e. The summed E-state index contributed by atoms with van der Waals surface area (Å²) in [6.07, 6.45) is -0.507. The van der Waals surface area contributed by atoms with Gasteiger partial charge in [-0.05, 0) is 77.1 Å². The monoisotopic (exact) mass is 498 g/mol. The second kappa shape index (κ2) is 11.1. The zero-order chi connectivity index (χ0) is 25.7. The second-order valence-corrected chi connectivity index (χ2v) is 8.94. The molecule has 0 spiro atoms. The van der Waals surface area contributed by atoms with E-state index in [4.69, 9.17) is 0 Å². The molecule has 0 saturated carbocycles. The molecular weight excluding hydrogens is 471 g/mol. The number of alkyl halides is 3. The minimum absolute atomic E-state index is 0.320. The van der Waals surface area contributed by atoms with Crippen molar-refractivity contribution >= 4 is 10.8 Å². The normalized spacial score (nSPS) is 11.7. The molecule has 188 valence electrons. The van der Waals surface area contributed by atoms with Crippen LogP contribution in [-0.2, 0) is 19.3 Å². The van der Waals surface area contributed by atoms with Crippen LogP contribution in [0.15, 0.2) is 72.8 Å². The van der Waals surface area contributed by atoms with Crippen LogP contribution in [0.4, 0.5) is 22.0 Å². The molecule has 0 N–H and O–H groups in total. The number of aryl methyl sites for hydroxylation is 3. The Bertz CT molecular complexity index is 1330. The van der Waals surface area contributed by atoms with Gasteiger partial charge in [-0.15, -0.1) is 0 Å². The van der Waals surface area contributed by atoms with E-state index in [1.54, 1.807) is 12.1 Å². The van der Waals surface area contributed by atoms with Gasteiger partial charge in [0.2, 0.25) is 0 Å². The first kappa shape index (κ1) is 25.7. The molecule has 6 heteroatoms. The standard InChI is InChI=1S/C30H27F5O/c1-2-3-4-20-5-9-22(10-6-20)24-14-15-26-25(18-24)13-12-23(29(26)32)11-7-21-8-16-28(27(31)17-21)36-19-30(33,34)35/h5-6,8-10,12-18H,2-4,7,11,19H2,1H3. The molecule has 0 aliphatic carbocycles. The first-order valence-electron chi connectivity index (χ1n) is 12.0. The first-order valence-corrected chi connectivity index (χ1v) is 12.0. The third-order valence-electron chi connectivity index (χ3n) is 6.21. The number of rotatable bonds is 9. The van der Waals surface area contributed by atoms with Crippen molar-refractivity contribution in [3.05, 3.63) is 101 Å². The summed E-state index contributed by atoms with van der Waals surface area (Å²) >= 11 is 0. The number of benzene rings is 4. The fraction of sp³-hybridized carbons (Fsp3) is 0.267. The molecule has 0 amide bonds. The lowest BCUT2D eigenvalue weighted by Gasteiger charge is -2.11. The highest BCUT2D eigenvalue weighted by atomic mass is 19.4. The molecule has 0 saturated heterocycles. The molecule has 0 bridgehead atoms. The SMILES string of the molecule is CCCCc1ccc(-c2ccc3c(F)c(CCc4ccc(OCC(F)(F)F)c(F)c4)ccc3c2)cc1. The third kappa shape index (κ3) is 6.42. The average Bonchev–Trinajstić information content (AvgIpc) is 2.86. The van der Waals surface area contributed by atoms with E-state index >= 15 is 4.39 Å². The number of ether oxygens (including phenoxy) is 1. The van der Waals surface area contributed by atoms with E-state index in [0.29, 0.717) is 29.4 Å². The van der Waals surface area contributed by atoms with E-state index in [1.165, 1.54) is 17.7 Å². The zero-order valence-corrected chi connectivity index (χ0v) is 20.0. The van der Waals surface area contributed by atoms with Gasteiger partial charge in [0.15, 0.2) is 18.2 Å². The Morgan fingerprint density at radius 3 is 2.14 bits per heavy atom. The van der Waals surface area contributed by atoms with Crippen molar-refractivity contribution in [1.82, 2.24) is 0 Å². The van der Waals surface area contributed by atoms with Gasteiger partial charge < -0.3 is 4.74 Å². The summed E-state index contributed by atoms with van der Waals surface area (Å²) < 4.78 is 70.7. The molecule has 1 nitrogen and oxygen atoms in total. The van der Waals surface area contributed by atoms with Gasteiger partial charge >= 0.3 is 6.18 Å². The molecule has 0 atom stereocenters. The molecular formula is C30H27F5O. The van der Waals surface area contributed by atoms with E-state index in [1.807, 2.05) is 18.2 Å². The van der Waals surface area contributed by atoms with Gasteiger partial charge in [-0.1, -0.05) is 67.9 Å². The predicted octanol–water partition coefficient (Wildman–Crippen LogP) is 8.85. The van der Waals surface area contributed by atoms with Gasteiger partial charge in [-0.2, -0.15) is 13.2 Å². The number of hydrogen-bond acceptors (Lipinski definition) is 1. The van der Waals surface area contributed by atoms with Crippen molar-refractivity contribution in [3.8, 4) is 16.9 Å². The molecule has 0 aliphatic rings. The van der Waals surface area contributed by atoms with Crippen molar-refractivity contribution < 1.29 is 26.7 Å². The smallest absolute Gasteiger partial charge is 0.422 e. The number of hydrogen-bond donors (Lipinski definition) is 0. The molecule has 0 radical (unpaired) electrons. The Hall–Kier alpha value is -3.41. The van der Waals surface area contributed by atoms with Gasteiger partial charge in [0.1, 0.15) is 5.82 Å². The van der Waals surface area contributed by atoms with Crippen LogP contribution in [0.5, 0.6) is 5.75 Å². The average molecular weight is 499 g/mol. The fourth-order valence-electron chi connectivity index (χ4n) is 4.21. The molecule has 0 aliphatic heterocycles. The van der Waals surface area contributed by atoms with Crippen LogP contribution in [-0.4, -0.2) is 12.8 Å². The quantitative estimate of drug-likeness (QED) is 0.210. The third-order valence-corrected chi connectivity index (χ3v) is 6.21. The minimum atomic E-state index is -4.54. The maximum Gasteiger partial charge on any atom is 0.422 e. The molecule has 0 heterocycles. The van der Waals surface area contributed by atoms with E-state index in [2.05, 4.69) is 35.9 Å². The van der Waals surface area contributed by atoms with Crippen LogP contribution < -0.4 is 4.74 Å². The highest BCUT2D eigenvalue weighted by Crippen LogP contribution is 2.29. The lowest BCUT2D eigenvalue weighted by atomic mass is 9.96. The summed E-state index contributed by atoms with van der Waals surface area (Å²) in [6.45, 7) is 0.614. The summed E-state index contributed by atoms with van der Waals surface area (Å²) in [5, 5.41) is 1.30. The summed E-state index contributed by atoms with van der Waals surface area (Å²) in [6, 6.07) is 21.5. The Morgan fingerprint density at radius 1 is 0.722 bits per heavy atom. The van der Waals surface area contributed by atoms with Crippen LogP contribution in [0.2, 0.25) is 0 Å². The van der Waals surface area contributed by atoms with Crippen LogP contribution in [0, 0.1) is 11.6 Å². The van der Waals surface area contributed by atoms with E-state index in [9.17, 15) is 17.6 Å². The van der Waals surface area contributed by atoms with Gasteiger partial charge in [-0.3, -0.25) is 0 Å². The summed E-state index contributed by atoms with van der Waals surface area (Å²) in [4.78, 5) is 0. The van der Waals surface area contributed by atoms with Crippen molar-refractivity contribution in [2.45, 2.75) is 45.2 Å². The Kier molecular flexibility index (Phi) is 7.92. The number of unbranched alkanes of at least 4 members (excludes halogenated alkanes) is 1. The zero-order valence-electron chi connectivity index (χ0n) is 20.0. The predicted molar refractivity (Wildman–Crippen MR) is 133 cm³/mol. The highest BCUT2D eigenvalue weighted by molar-refractivity contribution is 5.88. The van der Waals surface area contributed by atoms with Crippen molar-refractivity contribution in [2.75, 3.05) is 6.61 Å². The van der Waals surface area contributed by atoms with Crippen molar-refractivity contribution in [3.63, 3.8) is 0 Å². The van der Waals surface area contributed by atoms with E-state index < -0.39 is 24.3 Å². The van der Waals surface area contributed by atoms with Crippen LogP contribution >= 0.6 is 0 Å². The lowest BCUT2D eigenvalue weighted by molar-refractivity contribution is -0.153.